The molecule has 2 aliphatic carbocycles. The Labute approximate surface area is 191 Å². The van der Waals surface area contributed by atoms with Crippen LogP contribution in [0.3, 0.4) is 0 Å². The van der Waals surface area contributed by atoms with E-state index in [4.69, 9.17) is 19.0 Å². The third kappa shape index (κ3) is 2.66. The maximum absolute atomic E-state index is 13.5. The summed E-state index contributed by atoms with van der Waals surface area (Å²) in [5, 5.41) is 4.41. The van der Waals surface area contributed by atoms with Gasteiger partial charge in [0.05, 0.1) is 44.6 Å². The van der Waals surface area contributed by atoms with Gasteiger partial charge in [-0.05, 0) is 48.7 Å². The van der Waals surface area contributed by atoms with E-state index < -0.39 is 0 Å². The molecule has 6 rings (SSSR count). The van der Waals surface area contributed by atoms with Crippen molar-refractivity contribution in [3.05, 3.63) is 48.0 Å². The lowest BCUT2D eigenvalue weighted by atomic mass is 9.71. The summed E-state index contributed by atoms with van der Waals surface area (Å²) in [7, 11) is 4.79. The minimum absolute atomic E-state index is 0.00208. The summed E-state index contributed by atoms with van der Waals surface area (Å²) in [6, 6.07) is 12.6. The second kappa shape index (κ2) is 7.23. The van der Waals surface area contributed by atoms with Gasteiger partial charge in [-0.2, -0.15) is 0 Å². The van der Waals surface area contributed by atoms with Crippen molar-refractivity contribution in [1.29, 1.82) is 0 Å². The van der Waals surface area contributed by atoms with Gasteiger partial charge in [-0.3, -0.25) is 14.5 Å². The lowest BCUT2D eigenvalue weighted by Crippen LogP contribution is -2.41. The summed E-state index contributed by atoms with van der Waals surface area (Å²) >= 11 is 0. The van der Waals surface area contributed by atoms with Crippen molar-refractivity contribution in [2.24, 2.45) is 34.7 Å². The number of hydrogen-bond donors (Lipinski definition) is 0. The highest BCUT2D eigenvalue weighted by molar-refractivity contribution is 6.23. The highest BCUT2D eigenvalue weighted by atomic mass is 16.6. The molecule has 0 aromatic heterocycles. The SMILES string of the molecule is COc1ccc(N2C(=O)[C@@H]3[C@@H]4C[C@H]([C@H]5ON=C(c6ccc(OC)cc6OC)[C@H]45)[C@@H]3C2=O)cc1. The largest absolute Gasteiger partial charge is 0.497 e. The fourth-order valence-corrected chi connectivity index (χ4v) is 6.34. The number of amides is 2. The van der Waals surface area contributed by atoms with E-state index in [1.54, 1.807) is 45.6 Å². The first-order valence-corrected chi connectivity index (χ1v) is 11.0. The van der Waals surface area contributed by atoms with E-state index >= 15 is 0 Å². The zero-order valence-electron chi connectivity index (χ0n) is 18.6. The highest BCUT2D eigenvalue weighted by Crippen LogP contribution is 2.62. The van der Waals surface area contributed by atoms with Crippen molar-refractivity contribution < 1.29 is 28.6 Å². The number of rotatable bonds is 5. The number of benzene rings is 2. The first kappa shape index (κ1) is 20.1. The van der Waals surface area contributed by atoms with Gasteiger partial charge in [0.25, 0.3) is 0 Å². The maximum atomic E-state index is 13.5. The molecule has 3 fully saturated rings. The molecule has 8 heteroatoms. The van der Waals surface area contributed by atoms with Crippen molar-refractivity contribution in [2.75, 3.05) is 26.2 Å². The third-order valence-corrected chi connectivity index (χ3v) is 7.71. The number of methoxy groups -OCH3 is 3. The molecule has 2 heterocycles. The Morgan fingerprint density at radius 2 is 1.52 bits per heavy atom. The lowest BCUT2D eigenvalue weighted by Gasteiger charge is -2.30. The van der Waals surface area contributed by atoms with E-state index in [1.165, 1.54) is 4.90 Å². The Morgan fingerprint density at radius 1 is 0.848 bits per heavy atom. The number of fused-ring (bicyclic) bond motifs is 8. The number of hydrogen-bond acceptors (Lipinski definition) is 7. The highest BCUT2D eigenvalue weighted by Gasteiger charge is 2.70. The van der Waals surface area contributed by atoms with Crippen LogP contribution in [-0.2, 0) is 14.4 Å². The summed E-state index contributed by atoms with van der Waals surface area (Å²) in [5.41, 5.74) is 2.20. The van der Waals surface area contributed by atoms with Crippen molar-refractivity contribution in [2.45, 2.75) is 12.5 Å². The van der Waals surface area contributed by atoms with Crippen LogP contribution in [0.5, 0.6) is 17.2 Å². The number of carbonyl (C=O) groups excluding carboxylic acids is 2. The van der Waals surface area contributed by atoms with E-state index in [0.717, 1.165) is 17.7 Å². The van der Waals surface area contributed by atoms with Crippen molar-refractivity contribution in [1.82, 2.24) is 0 Å². The molecule has 2 aromatic carbocycles. The molecular formula is C25H24N2O6. The average molecular weight is 448 g/mol. The van der Waals surface area contributed by atoms with E-state index in [-0.39, 0.29) is 47.5 Å². The first-order chi connectivity index (χ1) is 16.1. The Hall–Kier alpha value is -3.55. The normalized spacial score (nSPS) is 31.2. The predicted octanol–water partition coefficient (Wildman–Crippen LogP) is 2.89. The molecule has 6 atom stereocenters. The van der Waals surface area contributed by atoms with Crippen LogP contribution in [0.15, 0.2) is 47.6 Å². The molecular weight excluding hydrogens is 424 g/mol. The van der Waals surface area contributed by atoms with Crippen LogP contribution < -0.4 is 19.1 Å². The van der Waals surface area contributed by atoms with Gasteiger partial charge in [0.1, 0.15) is 23.4 Å². The van der Waals surface area contributed by atoms with Crippen LogP contribution in [0.1, 0.15) is 12.0 Å². The molecule has 2 aromatic rings. The van der Waals surface area contributed by atoms with E-state index in [0.29, 0.717) is 22.9 Å². The van der Waals surface area contributed by atoms with Crippen LogP contribution in [0.4, 0.5) is 5.69 Å². The quantitative estimate of drug-likeness (QED) is 0.654. The van der Waals surface area contributed by atoms with Gasteiger partial charge in [-0.15, -0.1) is 0 Å². The lowest BCUT2D eigenvalue weighted by molar-refractivity contribution is -0.125. The van der Waals surface area contributed by atoms with E-state index in [2.05, 4.69) is 5.16 Å². The van der Waals surface area contributed by atoms with Gasteiger partial charge in [0.2, 0.25) is 11.8 Å². The fraction of sp³-hybridized carbons (Fsp3) is 0.400. The molecule has 2 saturated carbocycles. The Morgan fingerprint density at radius 3 is 2.18 bits per heavy atom. The number of imide groups is 1. The molecule has 0 radical (unpaired) electrons. The smallest absolute Gasteiger partial charge is 0.238 e. The van der Waals surface area contributed by atoms with Gasteiger partial charge >= 0.3 is 0 Å². The molecule has 4 aliphatic rings. The van der Waals surface area contributed by atoms with Crippen molar-refractivity contribution in [3.8, 4) is 17.2 Å². The molecule has 8 nitrogen and oxygen atoms in total. The zero-order chi connectivity index (χ0) is 22.9. The molecule has 0 unspecified atom stereocenters. The van der Waals surface area contributed by atoms with Gasteiger partial charge in [-0.25, -0.2) is 0 Å². The number of nitrogens with zero attached hydrogens (tertiary/aromatic N) is 2. The number of ether oxygens (including phenoxy) is 3. The zero-order valence-corrected chi connectivity index (χ0v) is 18.6. The summed E-state index contributed by atoms with van der Waals surface area (Å²) in [4.78, 5) is 34.2. The molecule has 33 heavy (non-hydrogen) atoms. The average Bonchev–Trinajstić information content (AvgIpc) is 3.59. The van der Waals surface area contributed by atoms with E-state index in [9.17, 15) is 9.59 Å². The van der Waals surface area contributed by atoms with Gasteiger partial charge in [-0.1, -0.05) is 5.16 Å². The Kier molecular flexibility index (Phi) is 4.40. The third-order valence-electron chi connectivity index (χ3n) is 7.71. The van der Waals surface area contributed by atoms with Crippen LogP contribution in [0.25, 0.3) is 0 Å². The predicted molar refractivity (Wildman–Crippen MR) is 119 cm³/mol. The minimum atomic E-state index is -0.363. The maximum Gasteiger partial charge on any atom is 0.238 e. The number of anilines is 1. The molecule has 0 spiro atoms. The second-order valence-corrected chi connectivity index (χ2v) is 8.96. The molecule has 170 valence electrons. The monoisotopic (exact) mass is 448 g/mol. The van der Waals surface area contributed by atoms with Gasteiger partial charge in [0, 0.05) is 23.5 Å². The first-order valence-electron chi connectivity index (χ1n) is 11.0. The van der Waals surface area contributed by atoms with Gasteiger partial charge in [0.15, 0.2) is 0 Å². The molecule has 2 amide bonds. The minimum Gasteiger partial charge on any atom is -0.497 e. The van der Waals surface area contributed by atoms with Crippen molar-refractivity contribution >= 4 is 23.2 Å². The summed E-state index contributed by atoms with van der Waals surface area (Å²) in [5.74, 6) is 0.931. The Bertz CT molecular complexity index is 1180. The standard InChI is InChI=1S/C25H24N2O6/c1-30-13-6-4-12(5-7-13)27-24(28)19-16-11-17(20(19)25(27)29)23-21(16)22(26-33-23)15-9-8-14(31-2)10-18(15)32-3/h4-10,16-17,19-21,23H,11H2,1-3H3/t16-,17-,19+,20-,21-,23+/m0/s1. The summed E-state index contributed by atoms with van der Waals surface area (Å²) in [6.07, 6.45) is 0.585. The van der Waals surface area contributed by atoms with Crippen LogP contribution in [-0.4, -0.2) is 45.0 Å². The van der Waals surface area contributed by atoms with Crippen LogP contribution in [0, 0.1) is 29.6 Å². The molecule has 2 aliphatic heterocycles. The second-order valence-electron chi connectivity index (χ2n) is 8.96. The van der Waals surface area contributed by atoms with E-state index in [1.807, 2.05) is 18.2 Å². The van der Waals surface area contributed by atoms with Crippen LogP contribution >= 0.6 is 0 Å². The summed E-state index contributed by atoms with van der Waals surface area (Å²) in [6.45, 7) is 0. The topological polar surface area (TPSA) is 86.7 Å². The molecule has 0 N–H and O–H groups in total. The van der Waals surface area contributed by atoms with Crippen LogP contribution in [0.2, 0.25) is 0 Å². The fourth-order valence-electron chi connectivity index (χ4n) is 6.34. The Balaban J connectivity index is 1.33. The van der Waals surface area contributed by atoms with Crippen molar-refractivity contribution in [3.63, 3.8) is 0 Å². The molecule has 1 saturated heterocycles. The summed E-state index contributed by atoms with van der Waals surface area (Å²) < 4.78 is 16.1. The number of oxime groups is 1. The number of carbonyl (C=O) groups is 2. The van der Waals surface area contributed by atoms with Gasteiger partial charge < -0.3 is 19.0 Å². The molecule has 2 bridgehead atoms.